The Kier molecular flexibility index (Phi) is 2.44. The average Bonchev–Trinajstić information content (AvgIpc) is 2.37. The minimum Gasteiger partial charge on any atom is -0.497 e. The molecule has 0 unspecified atom stereocenters. The van der Waals surface area contributed by atoms with Gasteiger partial charge < -0.3 is 4.74 Å². The Morgan fingerprint density at radius 1 is 1.00 bits per heavy atom. The number of ether oxygens (including phenoxy) is 1. The molecule has 0 spiro atoms. The van der Waals surface area contributed by atoms with Gasteiger partial charge in [-0.15, -0.1) is 0 Å². The summed E-state index contributed by atoms with van der Waals surface area (Å²) in [4.78, 5) is 0. The van der Waals surface area contributed by atoms with Crippen molar-refractivity contribution in [3.63, 3.8) is 0 Å². The highest BCUT2D eigenvalue weighted by molar-refractivity contribution is 5.73. The predicted octanol–water partition coefficient (Wildman–Crippen LogP) is 4.20. The van der Waals surface area contributed by atoms with Gasteiger partial charge in [-0.25, -0.2) is 0 Å². The predicted molar refractivity (Wildman–Crippen MR) is 75.2 cm³/mol. The first-order valence-electron chi connectivity index (χ1n) is 6.38. The molecule has 0 atom stereocenters. The van der Waals surface area contributed by atoms with Crippen molar-refractivity contribution < 1.29 is 4.74 Å². The van der Waals surface area contributed by atoms with Crippen LogP contribution in [0.25, 0.3) is 11.1 Å². The van der Waals surface area contributed by atoms with Gasteiger partial charge in [-0.1, -0.05) is 44.2 Å². The van der Waals surface area contributed by atoms with E-state index in [2.05, 4.69) is 44.2 Å². The molecule has 0 heterocycles. The molecule has 0 saturated carbocycles. The van der Waals surface area contributed by atoms with Crippen molar-refractivity contribution in [3.8, 4) is 16.9 Å². The fraction of sp³-hybridized carbons (Fsp3) is 0.294. The van der Waals surface area contributed by atoms with Crippen molar-refractivity contribution >= 4 is 0 Å². The lowest BCUT2D eigenvalue weighted by atomic mass is 9.64. The molecule has 1 aliphatic rings. The Balaban J connectivity index is 2.10. The smallest absolute Gasteiger partial charge is 0.118 e. The van der Waals surface area contributed by atoms with E-state index in [9.17, 15) is 0 Å². The number of fused-ring (bicyclic) bond motifs is 1. The molecule has 92 valence electrons. The van der Waals surface area contributed by atoms with Crippen LogP contribution in [0.2, 0.25) is 0 Å². The molecule has 1 heteroatoms. The zero-order valence-corrected chi connectivity index (χ0v) is 11.2. The van der Waals surface area contributed by atoms with E-state index in [1.807, 2.05) is 12.1 Å². The highest BCUT2D eigenvalue weighted by Crippen LogP contribution is 2.46. The summed E-state index contributed by atoms with van der Waals surface area (Å²) in [7, 11) is 1.70. The van der Waals surface area contributed by atoms with E-state index >= 15 is 0 Å². The fourth-order valence-corrected chi connectivity index (χ4v) is 3.02. The third-order valence-corrected chi connectivity index (χ3v) is 3.86. The van der Waals surface area contributed by atoms with Gasteiger partial charge in [-0.3, -0.25) is 0 Å². The summed E-state index contributed by atoms with van der Waals surface area (Å²) >= 11 is 0. The summed E-state index contributed by atoms with van der Waals surface area (Å²) in [6.07, 6.45) is 1.19. The minimum atomic E-state index is 0.311. The molecule has 0 radical (unpaired) electrons. The van der Waals surface area contributed by atoms with Gasteiger partial charge in [0, 0.05) is 0 Å². The second-order valence-electron chi connectivity index (χ2n) is 5.63. The van der Waals surface area contributed by atoms with Crippen molar-refractivity contribution in [3.05, 3.63) is 53.6 Å². The lowest BCUT2D eigenvalue weighted by Gasteiger charge is -2.40. The van der Waals surface area contributed by atoms with Crippen LogP contribution in [0.1, 0.15) is 25.0 Å². The standard InChI is InChI=1S/C17H18O/c1-17(2)11-13-5-4-6-15(16(13)17)12-7-9-14(18-3)10-8-12/h4-10H,11H2,1-3H3. The van der Waals surface area contributed by atoms with Crippen molar-refractivity contribution in [1.29, 1.82) is 0 Å². The third-order valence-electron chi connectivity index (χ3n) is 3.86. The molecule has 0 fully saturated rings. The maximum Gasteiger partial charge on any atom is 0.118 e. The molecule has 18 heavy (non-hydrogen) atoms. The molecule has 0 N–H and O–H groups in total. The molecule has 0 bridgehead atoms. The zero-order valence-electron chi connectivity index (χ0n) is 11.2. The largest absolute Gasteiger partial charge is 0.497 e. The van der Waals surface area contributed by atoms with E-state index in [-0.39, 0.29) is 0 Å². The maximum absolute atomic E-state index is 5.21. The molecular formula is C17H18O. The molecule has 2 aromatic carbocycles. The van der Waals surface area contributed by atoms with Crippen LogP contribution < -0.4 is 4.74 Å². The van der Waals surface area contributed by atoms with Crippen LogP contribution in [0.3, 0.4) is 0 Å². The third kappa shape index (κ3) is 1.62. The molecule has 3 rings (SSSR count). The molecule has 0 aromatic heterocycles. The summed E-state index contributed by atoms with van der Waals surface area (Å²) in [6, 6.07) is 15.0. The first-order chi connectivity index (χ1) is 8.62. The van der Waals surface area contributed by atoms with Crippen LogP contribution in [0.15, 0.2) is 42.5 Å². The molecule has 1 nitrogen and oxygen atoms in total. The van der Waals surface area contributed by atoms with Crippen molar-refractivity contribution in [2.75, 3.05) is 7.11 Å². The second kappa shape index (κ2) is 3.88. The lowest BCUT2D eigenvalue weighted by Crippen LogP contribution is -2.33. The number of benzene rings is 2. The summed E-state index contributed by atoms with van der Waals surface area (Å²) in [5.41, 5.74) is 5.96. The maximum atomic E-state index is 5.21. The van der Waals surface area contributed by atoms with E-state index < -0.39 is 0 Å². The van der Waals surface area contributed by atoms with Crippen LogP contribution in [-0.4, -0.2) is 7.11 Å². The average molecular weight is 238 g/mol. The van der Waals surface area contributed by atoms with Gasteiger partial charge in [-0.2, -0.15) is 0 Å². The van der Waals surface area contributed by atoms with Gasteiger partial charge in [-0.05, 0) is 46.2 Å². The van der Waals surface area contributed by atoms with Crippen LogP contribution in [-0.2, 0) is 11.8 Å². The van der Waals surface area contributed by atoms with Crippen molar-refractivity contribution in [1.82, 2.24) is 0 Å². The van der Waals surface area contributed by atoms with Crippen LogP contribution >= 0.6 is 0 Å². The first-order valence-corrected chi connectivity index (χ1v) is 6.38. The summed E-state index contributed by atoms with van der Waals surface area (Å²) in [6.45, 7) is 4.64. The Bertz CT molecular complexity index is 579. The van der Waals surface area contributed by atoms with E-state index in [0.717, 1.165) is 5.75 Å². The minimum absolute atomic E-state index is 0.311. The topological polar surface area (TPSA) is 9.23 Å². The van der Waals surface area contributed by atoms with E-state index in [1.54, 1.807) is 7.11 Å². The van der Waals surface area contributed by atoms with Crippen molar-refractivity contribution in [2.45, 2.75) is 25.7 Å². The number of hydrogen-bond donors (Lipinski definition) is 0. The van der Waals surface area contributed by atoms with Gasteiger partial charge in [0.25, 0.3) is 0 Å². The lowest BCUT2D eigenvalue weighted by molar-refractivity contribution is 0.415. The second-order valence-corrected chi connectivity index (χ2v) is 5.63. The van der Waals surface area contributed by atoms with Gasteiger partial charge in [0.2, 0.25) is 0 Å². The summed E-state index contributed by atoms with van der Waals surface area (Å²) in [5, 5.41) is 0. The van der Waals surface area contributed by atoms with Gasteiger partial charge in [0.05, 0.1) is 7.11 Å². The molecule has 2 aromatic rings. The van der Waals surface area contributed by atoms with E-state index in [0.29, 0.717) is 5.41 Å². The quantitative estimate of drug-likeness (QED) is 0.762. The SMILES string of the molecule is COc1ccc(-c2cccc3c2C(C)(C)C3)cc1. The van der Waals surface area contributed by atoms with E-state index in [4.69, 9.17) is 4.74 Å². The molecule has 1 aliphatic carbocycles. The fourth-order valence-electron chi connectivity index (χ4n) is 3.02. The monoisotopic (exact) mass is 238 g/mol. The number of hydrogen-bond acceptors (Lipinski definition) is 1. The van der Waals surface area contributed by atoms with Gasteiger partial charge in [0.1, 0.15) is 5.75 Å². The highest BCUT2D eigenvalue weighted by atomic mass is 16.5. The summed E-state index contributed by atoms with van der Waals surface area (Å²) < 4.78 is 5.21. The number of methoxy groups -OCH3 is 1. The van der Waals surface area contributed by atoms with Gasteiger partial charge >= 0.3 is 0 Å². The van der Waals surface area contributed by atoms with Crippen LogP contribution in [0, 0.1) is 0 Å². The Hall–Kier alpha value is -1.76. The first kappa shape index (κ1) is 11.3. The molecule has 0 amide bonds. The Labute approximate surface area is 108 Å². The Morgan fingerprint density at radius 2 is 1.72 bits per heavy atom. The van der Waals surface area contributed by atoms with E-state index in [1.165, 1.54) is 28.7 Å². The zero-order chi connectivity index (χ0) is 12.8. The molecular weight excluding hydrogens is 220 g/mol. The van der Waals surface area contributed by atoms with Crippen LogP contribution in [0.4, 0.5) is 0 Å². The van der Waals surface area contributed by atoms with Crippen molar-refractivity contribution in [2.24, 2.45) is 0 Å². The normalized spacial score (nSPS) is 15.7. The van der Waals surface area contributed by atoms with Crippen LogP contribution in [0.5, 0.6) is 5.75 Å². The summed E-state index contributed by atoms with van der Waals surface area (Å²) in [5.74, 6) is 0.910. The van der Waals surface area contributed by atoms with Gasteiger partial charge in [0.15, 0.2) is 0 Å². The molecule has 0 saturated heterocycles. The highest BCUT2D eigenvalue weighted by Gasteiger charge is 2.35. The Morgan fingerprint density at radius 3 is 2.33 bits per heavy atom. The number of rotatable bonds is 2. The molecule has 0 aliphatic heterocycles.